The molecule has 1 saturated heterocycles. The Morgan fingerprint density at radius 2 is 2.24 bits per heavy atom. The number of morpholine rings is 1. The van der Waals surface area contributed by atoms with Crippen molar-refractivity contribution in [2.24, 2.45) is 5.92 Å². The summed E-state index contributed by atoms with van der Waals surface area (Å²) in [5, 5.41) is 12.5. The molecule has 1 aliphatic rings. The summed E-state index contributed by atoms with van der Waals surface area (Å²) in [7, 11) is 0. The molecule has 0 aromatic rings. The first-order valence-electron chi connectivity index (χ1n) is 6.85. The first kappa shape index (κ1) is 14.9. The Morgan fingerprint density at radius 1 is 1.47 bits per heavy atom. The van der Waals surface area contributed by atoms with Crippen LogP contribution in [0.25, 0.3) is 0 Å². The number of ether oxygens (including phenoxy) is 1. The van der Waals surface area contributed by atoms with Crippen LogP contribution in [0, 0.1) is 5.92 Å². The van der Waals surface area contributed by atoms with Crippen LogP contribution in [0.1, 0.15) is 27.2 Å². The van der Waals surface area contributed by atoms with Crippen molar-refractivity contribution in [3.05, 3.63) is 0 Å². The fraction of sp³-hybridized carbons (Fsp3) is 1.00. The molecule has 1 fully saturated rings. The van der Waals surface area contributed by atoms with E-state index in [1.165, 1.54) is 0 Å². The maximum absolute atomic E-state index is 9.02. The smallest absolute Gasteiger partial charge is 0.0826 e. The van der Waals surface area contributed by atoms with Crippen LogP contribution in [0.3, 0.4) is 0 Å². The third kappa shape index (κ3) is 5.34. The van der Waals surface area contributed by atoms with Gasteiger partial charge < -0.3 is 15.2 Å². The fourth-order valence-corrected chi connectivity index (χ4v) is 2.28. The summed E-state index contributed by atoms with van der Waals surface area (Å²) in [5.74, 6) is 0.549. The first-order chi connectivity index (χ1) is 8.17. The summed E-state index contributed by atoms with van der Waals surface area (Å²) < 4.78 is 5.75. The van der Waals surface area contributed by atoms with Crippen LogP contribution in [0.4, 0.5) is 0 Å². The van der Waals surface area contributed by atoms with Gasteiger partial charge in [-0.05, 0) is 18.9 Å². The fourth-order valence-electron chi connectivity index (χ4n) is 2.28. The van der Waals surface area contributed by atoms with Gasteiger partial charge in [0.15, 0.2) is 0 Å². The predicted octanol–water partition coefficient (Wildman–Crippen LogP) is 0.704. The van der Waals surface area contributed by atoms with E-state index in [0.717, 1.165) is 39.2 Å². The van der Waals surface area contributed by atoms with Gasteiger partial charge in [0.25, 0.3) is 0 Å². The molecular formula is C13H28N2O2. The second-order valence-electron chi connectivity index (χ2n) is 5.16. The van der Waals surface area contributed by atoms with Gasteiger partial charge in [-0.15, -0.1) is 0 Å². The number of aliphatic hydroxyl groups is 1. The molecule has 0 aliphatic carbocycles. The van der Waals surface area contributed by atoms with E-state index in [1.54, 1.807) is 0 Å². The summed E-state index contributed by atoms with van der Waals surface area (Å²) >= 11 is 0. The maximum atomic E-state index is 9.02. The topological polar surface area (TPSA) is 44.7 Å². The van der Waals surface area contributed by atoms with Crippen molar-refractivity contribution < 1.29 is 9.84 Å². The van der Waals surface area contributed by atoms with Crippen LogP contribution >= 0.6 is 0 Å². The highest BCUT2D eigenvalue weighted by atomic mass is 16.5. The molecule has 0 spiro atoms. The zero-order valence-electron chi connectivity index (χ0n) is 11.5. The van der Waals surface area contributed by atoms with Gasteiger partial charge in [-0.3, -0.25) is 4.90 Å². The van der Waals surface area contributed by atoms with Gasteiger partial charge in [0.1, 0.15) is 0 Å². The van der Waals surface area contributed by atoms with Crippen LogP contribution in [0.2, 0.25) is 0 Å². The Labute approximate surface area is 105 Å². The number of nitrogens with zero attached hydrogens (tertiary/aromatic N) is 1. The molecule has 1 aliphatic heterocycles. The van der Waals surface area contributed by atoms with E-state index in [4.69, 9.17) is 9.84 Å². The SMILES string of the molecule is CCN1CCOC(CNC(CCO)C(C)C)C1. The van der Waals surface area contributed by atoms with Crippen LogP contribution in [-0.4, -0.2) is 61.5 Å². The third-order valence-corrected chi connectivity index (χ3v) is 3.52. The zero-order valence-corrected chi connectivity index (χ0v) is 11.5. The molecule has 2 unspecified atom stereocenters. The van der Waals surface area contributed by atoms with Gasteiger partial charge in [0.2, 0.25) is 0 Å². The van der Waals surface area contributed by atoms with Crippen molar-refractivity contribution in [3.8, 4) is 0 Å². The Hall–Kier alpha value is -0.160. The van der Waals surface area contributed by atoms with Crippen molar-refractivity contribution in [3.63, 3.8) is 0 Å². The maximum Gasteiger partial charge on any atom is 0.0826 e. The average Bonchev–Trinajstić information content (AvgIpc) is 2.34. The minimum atomic E-state index is 0.252. The molecule has 1 rings (SSSR count). The van der Waals surface area contributed by atoms with Crippen LogP contribution in [-0.2, 0) is 4.74 Å². The van der Waals surface area contributed by atoms with E-state index in [1.807, 2.05) is 0 Å². The Kier molecular flexibility index (Phi) is 7.04. The minimum absolute atomic E-state index is 0.252. The molecule has 2 atom stereocenters. The first-order valence-corrected chi connectivity index (χ1v) is 6.85. The van der Waals surface area contributed by atoms with E-state index in [-0.39, 0.29) is 6.61 Å². The van der Waals surface area contributed by atoms with E-state index < -0.39 is 0 Å². The monoisotopic (exact) mass is 244 g/mol. The number of aliphatic hydroxyl groups excluding tert-OH is 1. The number of hydrogen-bond acceptors (Lipinski definition) is 4. The number of likely N-dealkylation sites (N-methyl/N-ethyl adjacent to an activating group) is 1. The van der Waals surface area contributed by atoms with Gasteiger partial charge in [0.05, 0.1) is 12.7 Å². The lowest BCUT2D eigenvalue weighted by Crippen LogP contribution is -2.49. The van der Waals surface area contributed by atoms with Crippen LogP contribution in [0.15, 0.2) is 0 Å². The predicted molar refractivity (Wildman–Crippen MR) is 70.2 cm³/mol. The third-order valence-electron chi connectivity index (χ3n) is 3.52. The quantitative estimate of drug-likeness (QED) is 0.692. The molecule has 0 aromatic heterocycles. The number of rotatable bonds is 7. The van der Waals surface area contributed by atoms with Gasteiger partial charge in [-0.1, -0.05) is 20.8 Å². The summed E-state index contributed by atoms with van der Waals surface area (Å²) in [6.07, 6.45) is 1.12. The van der Waals surface area contributed by atoms with Gasteiger partial charge >= 0.3 is 0 Å². The summed E-state index contributed by atoms with van der Waals surface area (Å²) in [6.45, 7) is 11.7. The number of nitrogens with one attached hydrogen (secondary N) is 1. The highest BCUT2D eigenvalue weighted by molar-refractivity contribution is 4.77. The van der Waals surface area contributed by atoms with E-state index in [9.17, 15) is 0 Å². The average molecular weight is 244 g/mol. The standard InChI is InChI=1S/C13H28N2O2/c1-4-15-6-8-17-12(10-15)9-14-13(5-7-16)11(2)3/h11-14,16H,4-10H2,1-3H3. The molecule has 4 nitrogen and oxygen atoms in total. The lowest BCUT2D eigenvalue weighted by molar-refractivity contribution is -0.0272. The molecule has 102 valence electrons. The Bertz CT molecular complexity index is 200. The zero-order chi connectivity index (χ0) is 12.7. The molecule has 0 bridgehead atoms. The second-order valence-corrected chi connectivity index (χ2v) is 5.16. The van der Waals surface area contributed by atoms with Crippen molar-refractivity contribution in [1.82, 2.24) is 10.2 Å². The summed E-state index contributed by atoms with van der Waals surface area (Å²) in [5.41, 5.74) is 0. The molecule has 1 heterocycles. The van der Waals surface area contributed by atoms with E-state index in [2.05, 4.69) is 31.0 Å². The molecule has 0 saturated carbocycles. The van der Waals surface area contributed by atoms with Crippen molar-refractivity contribution >= 4 is 0 Å². The second kappa shape index (κ2) is 8.03. The highest BCUT2D eigenvalue weighted by Gasteiger charge is 2.21. The van der Waals surface area contributed by atoms with Gasteiger partial charge in [-0.25, -0.2) is 0 Å². The molecule has 0 amide bonds. The van der Waals surface area contributed by atoms with Crippen molar-refractivity contribution in [2.75, 3.05) is 39.4 Å². The minimum Gasteiger partial charge on any atom is -0.396 e. The summed E-state index contributed by atoms with van der Waals surface area (Å²) in [6, 6.07) is 0.389. The van der Waals surface area contributed by atoms with Crippen molar-refractivity contribution in [2.45, 2.75) is 39.3 Å². The highest BCUT2D eigenvalue weighted by Crippen LogP contribution is 2.08. The molecular weight excluding hydrogens is 216 g/mol. The van der Waals surface area contributed by atoms with Gasteiger partial charge in [-0.2, -0.15) is 0 Å². The molecule has 4 heteroatoms. The van der Waals surface area contributed by atoms with Crippen molar-refractivity contribution in [1.29, 1.82) is 0 Å². The Morgan fingerprint density at radius 3 is 2.82 bits per heavy atom. The van der Waals surface area contributed by atoms with E-state index in [0.29, 0.717) is 18.1 Å². The Balaban J connectivity index is 2.27. The largest absolute Gasteiger partial charge is 0.396 e. The normalized spacial score (nSPS) is 24.2. The number of hydrogen-bond donors (Lipinski definition) is 2. The molecule has 0 aromatic carbocycles. The lowest BCUT2D eigenvalue weighted by Gasteiger charge is -2.33. The molecule has 2 N–H and O–H groups in total. The lowest BCUT2D eigenvalue weighted by atomic mass is 10.0. The van der Waals surface area contributed by atoms with Crippen LogP contribution < -0.4 is 5.32 Å². The molecule has 17 heavy (non-hydrogen) atoms. The molecule has 0 radical (unpaired) electrons. The van der Waals surface area contributed by atoms with Crippen LogP contribution in [0.5, 0.6) is 0 Å². The summed E-state index contributed by atoms with van der Waals surface area (Å²) in [4.78, 5) is 2.42. The van der Waals surface area contributed by atoms with E-state index >= 15 is 0 Å². The van der Waals surface area contributed by atoms with Gasteiger partial charge in [0, 0.05) is 32.3 Å².